The Balaban J connectivity index is 2.28. The van der Waals surface area contributed by atoms with Gasteiger partial charge in [-0.1, -0.05) is 0 Å². The van der Waals surface area contributed by atoms with Gasteiger partial charge in [-0.05, 0) is 19.8 Å². The molecule has 1 aliphatic heterocycles. The number of ether oxygens (including phenoxy) is 2. The monoisotopic (exact) mass is 286 g/mol. The van der Waals surface area contributed by atoms with Gasteiger partial charge in [0.1, 0.15) is 0 Å². The number of guanidine groups is 1. The van der Waals surface area contributed by atoms with Gasteiger partial charge in [0.25, 0.3) is 0 Å². The minimum absolute atomic E-state index is 0.214. The van der Waals surface area contributed by atoms with Gasteiger partial charge in [0.2, 0.25) is 0 Å². The number of likely N-dealkylation sites (tertiary alicyclic amines) is 1. The van der Waals surface area contributed by atoms with Crippen LogP contribution >= 0.6 is 0 Å². The Morgan fingerprint density at radius 2 is 2.10 bits per heavy atom. The average Bonchev–Trinajstić information content (AvgIpc) is 2.47. The molecule has 7 nitrogen and oxygen atoms in total. The second-order valence-electron chi connectivity index (χ2n) is 4.60. The van der Waals surface area contributed by atoms with E-state index in [4.69, 9.17) is 9.47 Å². The van der Waals surface area contributed by atoms with Gasteiger partial charge in [-0.25, -0.2) is 4.79 Å². The first-order chi connectivity index (χ1) is 9.71. The third kappa shape index (κ3) is 5.64. The molecule has 0 saturated carbocycles. The summed E-state index contributed by atoms with van der Waals surface area (Å²) in [5, 5.41) is 6.54. The molecule has 7 heteroatoms. The number of carbonyl (C=O) groups excluding carboxylic acids is 1. The number of hydrogen-bond donors (Lipinski definition) is 2. The third-order valence-electron chi connectivity index (χ3n) is 3.18. The number of piperidine rings is 1. The summed E-state index contributed by atoms with van der Waals surface area (Å²) in [4.78, 5) is 17.5. The highest BCUT2D eigenvalue weighted by Crippen LogP contribution is 2.11. The summed E-state index contributed by atoms with van der Waals surface area (Å²) < 4.78 is 9.99. The van der Waals surface area contributed by atoms with Gasteiger partial charge in [0, 0.05) is 39.8 Å². The van der Waals surface area contributed by atoms with Crippen molar-refractivity contribution in [1.82, 2.24) is 15.5 Å². The van der Waals surface area contributed by atoms with Crippen LogP contribution in [0.1, 0.15) is 19.8 Å². The molecule has 0 atom stereocenters. The molecule has 0 aromatic rings. The van der Waals surface area contributed by atoms with Crippen LogP contribution in [0.4, 0.5) is 4.79 Å². The summed E-state index contributed by atoms with van der Waals surface area (Å²) in [6.45, 7) is 5.03. The van der Waals surface area contributed by atoms with Gasteiger partial charge in [0.05, 0.1) is 13.2 Å². The van der Waals surface area contributed by atoms with E-state index in [0.29, 0.717) is 32.3 Å². The SMILES string of the molecule is CCOC(=O)N1CCC(NC(=NC)NCCOC)CC1. The zero-order valence-electron chi connectivity index (χ0n) is 12.6. The second-order valence-corrected chi connectivity index (χ2v) is 4.60. The average molecular weight is 286 g/mol. The minimum Gasteiger partial charge on any atom is -0.450 e. The van der Waals surface area contributed by atoms with Crippen LogP contribution in [0.3, 0.4) is 0 Å². The molecule has 0 aromatic heterocycles. The predicted molar refractivity (Wildman–Crippen MR) is 78.0 cm³/mol. The van der Waals surface area contributed by atoms with E-state index >= 15 is 0 Å². The molecule has 2 N–H and O–H groups in total. The topological polar surface area (TPSA) is 75.2 Å². The molecule has 20 heavy (non-hydrogen) atoms. The van der Waals surface area contributed by atoms with Crippen LogP contribution in [0.15, 0.2) is 4.99 Å². The van der Waals surface area contributed by atoms with Crippen LogP contribution in [0, 0.1) is 0 Å². The Labute approximate surface area is 120 Å². The molecule has 116 valence electrons. The van der Waals surface area contributed by atoms with E-state index in [-0.39, 0.29) is 6.09 Å². The molecular formula is C13H26N4O3. The Hall–Kier alpha value is -1.50. The van der Waals surface area contributed by atoms with E-state index in [1.54, 1.807) is 19.1 Å². The van der Waals surface area contributed by atoms with Crippen molar-refractivity contribution in [2.75, 3.05) is 47.0 Å². The lowest BCUT2D eigenvalue weighted by Crippen LogP contribution is -2.50. The fourth-order valence-corrected chi connectivity index (χ4v) is 2.08. The first-order valence-electron chi connectivity index (χ1n) is 7.09. The number of nitrogens with zero attached hydrogens (tertiary/aromatic N) is 2. The summed E-state index contributed by atoms with van der Waals surface area (Å²) in [6.07, 6.45) is 1.57. The molecule has 1 aliphatic rings. The highest BCUT2D eigenvalue weighted by molar-refractivity contribution is 5.80. The van der Waals surface area contributed by atoms with Crippen molar-refractivity contribution in [3.05, 3.63) is 0 Å². The van der Waals surface area contributed by atoms with E-state index in [0.717, 1.165) is 25.3 Å². The quantitative estimate of drug-likeness (QED) is 0.435. The Bertz CT molecular complexity index is 315. The fraction of sp³-hybridized carbons (Fsp3) is 0.846. The number of hydrogen-bond acceptors (Lipinski definition) is 4. The predicted octanol–water partition coefficient (Wildman–Crippen LogP) is 0.419. The van der Waals surface area contributed by atoms with Crippen molar-refractivity contribution in [2.24, 2.45) is 4.99 Å². The number of nitrogens with one attached hydrogen (secondary N) is 2. The summed E-state index contributed by atoms with van der Waals surface area (Å²) in [6, 6.07) is 0.328. The van der Waals surface area contributed by atoms with E-state index in [1.165, 1.54) is 0 Å². The lowest BCUT2D eigenvalue weighted by Gasteiger charge is -2.32. The first kappa shape index (κ1) is 16.6. The molecule has 1 heterocycles. The summed E-state index contributed by atoms with van der Waals surface area (Å²) in [5.41, 5.74) is 0. The van der Waals surface area contributed by atoms with Crippen LogP contribution in [0.2, 0.25) is 0 Å². The Morgan fingerprint density at radius 1 is 1.40 bits per heavy atom. The molecule has 0 unspecified atom stereocenters. The Morgan fingerprint density at radius 3 is 2.65 bits per heavy atom. The standard InChI is InChI=1S/C13H26N4O3/c1-4-20-13(18)17-8-5-11(6-9-17)16-12(14-2)15-7-10-19-3/h11H,4-10H2,1-3H3,(H2,14,15,16). The summed E-state index contributed by atoms with van der Waals surface area (Å²) in [5.74, 6) is 0.775. The van der Waals surface area contributed by atoms with E-state index in [2.05, 4.69) is 15.6 Å². The number of amides is 1. The maximum absolute atomic E-state index is 11.6. The maximum atomic E-state index is 11.6. The van der Waals surface area contributed by atoms with E-state index in [1.807, 2.05) is 6.92 Å². The largest absolute Gasteiger partial charge is 0.450 e. The number of aliphatic imine (C=N–C) groups is 1. The minimum atomic E-state index is -0.214. The smallest absolute Gasteiger partial charge is 0.409 e. The van der Waals surface area contributed by atoms with E-state index < -0.39 is 0 Å². The molecule has 1 fully saturated rings. The van der Waals surface area contributed by atoms with Crippen LogP contribution in [-0.4, -0.2) is 70.0 Å². The molecule has 1 rings (SSSR count). The number of rotatable bonds is 5. The lowest BCUT2D eigenvalue weighted by molar-refractivity contribution is 0.0963. The number of carbonyl (C=O) groups is 1. The molecule has 0 radical (unpaired) electrons. The molecular weight excluding hydrogens is 260 g/mol. The van der Waals surface area contributed by atoms with Crippen molar-refractivity contribution in [3.8, 4) is 0 Å². The summed E-state index contributed by atoms with van der Waals surface area (Å²) in [7, 11) is 3.42. The van der Waals surface area contributed by atoms with Crippen molar-refractivity contribution in [2.45, 2.75) is 25.8 Å². The van der Waals surface area contributed by atoms with Gasteiger partial charge in [-0.2, -0.15) is 0 Å². The zero-order valence-corrected chi connectivity index (χ0v) is 12.6. The lowest BCUT2D eigenvalue weighted by atomic mass is 10.1. The molecule has 0 aromatic carbocycles. The van der Waals surface area contributed by atoms with Gasteiger partial charge >= 0.3 is 6.09 Å². The molecule has 1 saturated heterocycles. The van der Waals surface area contributed by atoms with Gasteiger partial charge in [-0.15, -0.1) is 0 Å². The molecule has 0 aliphatic carbocycles. The van der Waals surface area contributed by atoms with Crippen molar-refractivity contribution >= 4 is 12.1 Å². The maximum Gasteiger partial charge on any atom is 0.409 e. The van der Waals surface area contributed by atoms with Crippen molar-refractivity contribution < 1.29 is 14.3 Å². The van der Waals surface area contributed by atoms with Crippen LogP contribution in [0.25, 0.3) is 0 Å². The molecule has 0 bridgehead atoms. The Kier molecular flexibility index (Phi) is 7.79. The normalized spacial score (nSPS) is 16.9. The molecule has 0 spiro atoms. The van der Waals surface area contributed by atoms with Gasteiger partial charge in [-0.3, -0.25) is 4.99 Å². The second kappa shape index (κ2) is 9.41. The highest BCUT2D eigenvalue weighted by Gasteiger charge is 2.23. The highest BCUT2D eigenvalue weighted by atomic mass is 16.6. The van der Waals surface area contributed by atoms with Crippen LogP contribution in [0.5, 0.6) is 0 Å². The fourth-order valence-electron chi connectivity index (χ4n) is 2.08. The third-order valence-corrected chi connectivity index (χ3v) is 3.18. The van der Waals surface area contributed by atoms with Crippen molar-refractivity contribution in [3.63, 3.8) is 0 Å². The van der Waals surface area contributed by atoms with Crippen LogP contribution < -0.4 is 10.6 Å². The zero-order chi connectivity index (χ0) is 14.8. The summed E-state index contributed by atoms with van der Waals surface area (Å²) >= 11 is 0. The molecule has 1 amide bonds. The van der Waals surface area contributed by atoms with Crippen molar-refractivity contribution in [1.29, 1.82) is 0 Å². The van der Waals surface area contributed by atoms with Gasteiger partial charge in [0.15, 0.2) is 5.96 Å². The first-order valence-corrected chi connectivity index (χ1v) is 7.09. The van der Waals surface area contributed by atoms with Crippen LogP contribution in [-0.2, 0) is 9.47 Å². The number of methoxy groups -OCH3 is 1. The van der Waals surface area contributed by atoms with Gasteiger partial charge < -0.3 is 25.0 Å². The van der Waals surface area contributed by atoms with E-state index in [9.17, 15) is 4.79 Å².